The molecule has 0 unspecified atom stereocenters. The molecule has 1 aromatic rings. The molecule has 8 nitrogen and oxygen atoms in total. The molecule has 0 atom stereocenters. The summed E-state index contributed by atoms with van der Waals surface area (Å²) in [7, 11) is 4.29. The molecule has 0 bridgehead atoms. The maximum absolute atomic E-state index is 12.3. The fraction of sp³-hybridized carbons (Fsp3) is 0.250. The zero-order valence-corrected chi connectivity index (χ0v) is 15.7. The van der Waals surface area contributed by atoms with Gasteiger partial charge in [-0.2, -0.15) is 0 Å². The number of aliphatic carboxylic acids is 1. The molecule has 1 aliphatic heterocycles. The zero-order valence-electron chi connectivity index (χ0n) is 14.1. The van der Waals surface area contributed by atoms with E-state index in [1.165, 1.54) is 49.2 Å². The number of halogens is 1. The molecule has 0 spiro atoms. The van der Waals surface area contributed by atoms with Gasteiger partial charge in [-0.25, -0.2) is 4.79 Å². The summed E-state index contributed by atoms with van der Waals surface area (Å²) in [6.07, 6.45) is 1.36. The number of carbonyl (C=O) groups is 3. The second kappa shape index (κ2) is 7.71. The molecule has 10 heteroatoms. The average Bonchev–Trinajstić information content (AvgIpc) is 2.60. The fourth-order valence-corrected chi connectivity index (χ4v) is 2.68. The van der Waals surface area contributed by atoms with Crippen LogP contribution in [0, 0.1) is 0 Å². The van der Waals surface area contributed by atoms with Crippen molar-refractivity contribution in [2.75, 3.05) is 27.8 Å². The van der Waals surface area contributed by atoms with E-state index in [0.29, 0.717) is 5.56 Å². The summed E-state index contributed by atoms with van der Waals surface area (Å²) in [5.74, 6) is -2.04. The van der Waals surface area contributed by atoms with E-state index in [0.717, 1.165) is 0 Å². The number of carbonyl (C=O) groups excluding carboxylic acids is 2. The normalized spacial score (nSPS) is 14.6. The van der Waals surface area contributed by atoms with E-state index in [1.807, 2.05) is 0 Å². The highest BCUT2D eigenvalue weighted by Gasteiger charge is 2.35. The Bertz CT molecular complexity index is 812. The van der Waals surface area contributed by atoms with Crippen molar-refractivity contribution in [3.8, 4) is 11.5 Å². The Morgan fingerprint density at radius 3 is 2.35 bits per heavy atom. The van der Waals surface area contributed by atoms with Crippen molar-refractivity contribution in [3.63, 3.8) is 0 Å². The maximum Gasteiger partial charge on any atom is 0.341 e. The molecule has 0 saturated carbocycles. The van der Waals surface area contributed by atoms with E-state index in [9.17, 15) is 14.4 Å². The van der Waals surface area contributed by atoms with Gasteiger partial charge >= 0.3 is 5.97 Å². The minimum Gasteiger partial charge on any atom is -0.493 e. The minimum absolute atomic E-state index is 0.0513. The molecule has 1 heterocycles. The number of methoxy groups -OCH3 is 1. The smallest absolute Gasteiger partial charge is 0.341 e. The number of amides is 2. The Hall–Kier alpha value is -2.65. The van der Waals surface area contributed by atoms with E-state index in [2.05, 4.69) is 0 Å². The number of hydrogen-bond donors (Lipinski definition) is 1. The molecule has 1 aliphatic rings. The summed E-state index contributed by atoms with van der Waals surface area (Å²) in [6.45, 7) is -0.597. The Labute approximate surface area is 159 Å². The standard InChI is InChI=1S/C16H15ClN2O6S/c1-18-14(22)9(15(23)19(2)16(18)26)4-8-5-10(17)13(11(6-8)24-3)25-7-12(20)21/h4-6H,7H2,1-3H3,(H,20,21). The van der Waals surface area contributed by atoms with Crippen LogP contribution in [0.2, 0.25) is 5.02 Å². The number of thiocarbonyl (C=S) groups is 1. The average molecular weight is 399 g/mol. The molecule has 138 valence electrons. The molecule has 26 heavy (non-hydrogen) atoms. The van der Waals surface area contributed by atoms with Crippen LogP contribution < -0.4 is 9.47 Å². The number of likely N-dealkylation sites (N-methyl/N-ethyl adjacent to an activating group) is 2. The van der Waals surface area contributed by atoms with Gasteiger partial charge in [-0.05, 0) is 36.0 Å². The topological polar surface area (TPSA) is 96.4 Å². The zero-order chi connectivity index (χ0) is 19.6. The number of ether oxygens (including phenoxy) is 2. The van der Waals surface area contributed by atoms with Gasteiger partial charge in [0.1, 0.15) is 5.57 Å². The van der Waals surface area contributed by atoms with Crippen molar-refractivity contribution in [2.45, 2.75) is 0 Å². The first kappa shape index (κ1) is 19.7. The maximum atomic E-state index is 12.3. The van der Waals surface area contributed by atoms with Gasteiger partial charge < -0.3 is 14.6 Å². The molecule has 0 aliphatic carbocycles. The third-order valence-electron chi connectivity index (χ3n) is 3.55. The highest BCUT2D eigenvalue weighted by molar-refractivity contribution is 7.80. The van der Waals surface area contributed by atoms with Crippen LogP contribution >= 0.6 is 23.8 Å². The van der Waals surface area contributed by atoms with Gasteiger partial charge in [0, 0.05) is 14.1 Å². The summed E-state index contributed by atoms with van der Waals surface area (Å²) in [4.78, 5) is 37.7. The lowest BCUT2D eigenvalue weighted by Crippen LogP contribution is -2.52. The van der Waals surface area contributed by atoms with Gasteiger partial charge in [-0.15, -0.1) is 0 Å². The van der Waals surface area contributed by atoms with Gasteiger partial charge in [-0.3, -0.25) is 19.4 Å². The lowest BCUT2D eigenvalue weighted by Gasteiger charge is -2.31. The van der Waals surface area contributed by atoms with Crippen LogP contribution in [0.4, 0.5) is 0 Å². The van der Waals surface area contributed by atoms with Crippen molar-refractivity contribution in [1.82, 2.24) is 9.80 Å². The summed E-state index contributed by atoms with van der Waals surface area (Å²) in [5.41, 5.74) is 0.307. The minimum atomic E-state index is -1.17. The molecule has 1 fully saturated rings. The molecule has 1 aromatic carbocycles. The van der Waals surface area contributed by atoms with E-state index < -0.39 is 24.4 Å². The Balaban J connectivity index is 2.45. The number of hydrogen-bond acceptors (Lipinski definition) is 6. The largest absolute Gasteiger partial charge is 0.493 e. The van der Waals surface area contributed by atoms with Gasteiger partial charge in [0.15, 0.2) is 23.2 Å². The Kier molecular flexibility index (Phi) is 5.83. The Morgan fingerprint density at radius 2 is 1.85 bits per heavy atom. The predicted octanol–water partition coefficient (Wildman–Crippen LogP) is 1.41. The van der Waals surface area contributed by atoms with Gasteiger partial charge in [-0.1, -0.05) is 11.6 Å². The molecule has 1 saturated heterocycles. The van der Waals surface area contributed by atoms with Crippen LogP contribution in [-0.4, -0.2) is 65.6 Å². The van der Waals surface area contributed by atoms with E-state index in [4.69, 9.17) is 38.4 Å². The number of carboxylic acids is 1. The Morgan fingerprint density at radius 1 is 1.27 bits per heavy atom. The number of nitrogens with zero attached hydrogens (tertiary/aromatic N) is 2. The first-order valence-corrected chi connectivity index (χ1v) is 7.99. The molecular formula is C16H15ClN2O6S. The van der Waals surface area contributed by atoms with Crippen LogP contribution in [0.15, 0.2) is 17.7 Å². The van der Waals surface area contributed by atoms with Crippen LogP contribution in [0.25, 0.3) is 6.08 Å². The van der Waals surface area contributed by atoms with Gasteiger partial charge in [0.05, 0.1) is 12.1 Å². The molecule has 1 N–H and O–H groups in total. The van der Waals surface area contributed by atoms with Crippen molar-refractivity contribution in [1.29, 1.82) is 0 Å². The van der Waals surface area contributed by atoms with Gasteiger partial charge in [0.25, 0.3) is 11.8 Å². The second-order valence-corrected chi connectivity index (χ2v) is 6.06. The lowest BCUT2D eigenvalue weighted by atomic mass is 10.1. The van der Waals surface area contributed by atoms with Crippen LogP contribution in [-0.2, 0) is 14.4 Å². The first-order valence-electron chi connectivity index (χ1n) is 7.21. The van der Waals surface area contributed by atoms with Crippen LogP contribution in [0.5, 0.6) is 11.5 Å². The summed E-state index contributed by atoms with van der Waals surface area (Å²) in [6, 6.07) is 2.91. The van der Waals surface area contributed by atoms with Crippen molar-refractivity contribution in [2.24, 2.45) is 0 Å². The number of benzene rings is 1. The summed E-state index contributed by atoms with van der Waals surface area (Å²) >= 11 is 11.2. The SMILES string of the molecule is COc1cc(C=C2C(=O)N(C)C(=S)N(C)C2=O)cc(Cl)c1OCC(=O)O. The number of rotatable bonds is 5. The quantitative estimate of drug-likeness (QED) is 0.455. The highest BCUT2D eigenvalue weighted by atomic mass is 35.5. The summed E-state index contributed by atoms with van der Waals surface area (Å²) < 4.78 is 10.3. The van der Waals surface area contributed by atoms with Crippen molar-refractivity contribution in [3.05, 3.63) is 28.3 Å². The summed E-state index contributed by atoms with van der Waals surface area (Å²) in [5, 5.41) is 8.89. The molecule has 0 radical (unpaired) electrons. The third-order valence-corrected chi connectivity index (χ3v) is 4.38. The molecular weight excluding hydrogens is 384 g/mol. The lowest BCUT2D eigenvalue weighted by molar-refractivity contribution is -0.139. The highest BCUT2D eigenvalue weighted by Crippen LogP contribution is 2.37. The first-order chi connectivity index (χ1) is 12.2. The van der Waals surface area contributed by atoms with E-state index in [1.54, 1.807) is 0 Å². The van der Waals surface area contributed by atoms with Crippen LogP contribution in [0.3, 0.4) is 0 Å². The molecule has 0 aromatic heterocycles. The fourth-order valence-electron chi connectivity index (χ4n) is 2.24. The predicted molar refractivity (Wildman–Crippen MR) is 97.2 cm³/mol. The molecule has 2 rings (SSSR count). The van der Waals surface area contributed by atoms with E-state index in [-0.39, 0.29) is 27.2 Å². The van der Waals surface area contributed by atoms with E-state index >= 15 is 0 Å². The van der Waals surface area contributed by atoms with Gasteiger partial charge in [0.2, 0.25) is 0 Å². The van der Waals surface area contributed by atoms with Crippen molar-refractivity contribution >= 4 is 52.8 Å². The second-order valence-electron chi connectivity index (χ2n) is 5.29. The van der Waals surface area contributed by atoms with Crippen molar-refractivity contribution < 1.29 is 29.0 Å². The third kappa shape index (κ3) is 3.78. The number of carboxylic acid groups (broad SMARTS) is 1. The monoisotopic (exact) mass is 398 g/mol. The molecule has 2 amide bonds. The van der Waals surface area contributed by atoms with Crippen LogP contribution in [0.1, 0.15) is 5.56 Å².